The van der Waals surface area contributed by atoms with Gasteiger partial charge < -0.3 is 26.0 Å². The van der Waals surface area contributed by atoms with E-state index >= 15 is 0 Å². The summed E-state index contributed by atoms with van der Waals surface area (Å²) in [6.45, 7) is 1.93. The number of nitrogens with two attached hydrogens (primary N) is 1. The first-order chi connectivity index (χ1) is 8.87. The molecular weight excluding hydrogens is 291 g/mol. The molecule has 5 N–H and O–H groups in total. The number of thiocarbonyl (C=S) groups is 2. The predicted molar refractivity (Wildman–Crippen MR) is 81.8 cm³/mol. The van der Waals surface area contributed by atoms with E-state index < -0.39 is 5.17 Å². The molecule has 8 heteroatoms. The Labute approximate surface area is 122 Å². The summed E-state index contributed by atoms with van der Waals surface area (Å²) in [5, 5.41) is 17.6. The SMILES string of the molecule is CCO.COC(=S)Nc1cccc(F)c1.NC(O)=S. The molecule has 0 saturated heterocycles. The van der Waals surface area contributed by atoms with Gasteiger partial charge in [-0.15, -0.1) is 0 Å². The van der Waals surface area contributed by atoms with Crippen LogP contribution in [0.25, 0.3) is 0 Å². The monoisotopic (exact) mass is 308 g/mol. The number of ether oxygens (including phenoxy) is 1. The highest BCUT2D eigenvalue weighted by Gasteiger charge is 1.96. The van der Waals surface area contributed by atoms with Crippen LogP contribution in [0.5, 0.6) is 0 Å². The normalized spacial score (nSPS) is 8.00. The Morgan fingerprint density at radius 3 is 2.32 bits per heavy atom. The number of rotatable bonds is 1. The third-order valence-corrected chi connectivity index (χ3v) is 1.53. The van der Waals surface area contributed by atoms with E-state index in [1.54, 1.807) is 19.1 Å². The van der Waals surface area contributed by atoms with Gasteiger partial charge in [0, 0.05) is 12.3 Å². The molecule has 0 unspecified atom stereocenters. The van der Waals surface area contributed by atoms with Gasteiger partial charge in [-0.1, -0.05) is 6.07 Å². The summed E-state index contributed by atoms with van der Waals surface area (Å²) in [7, 11) is 1.45. The molecule has 0 fully saturated rings. The van der Waals surface area contributed by atoms with E-state index in [0.29, 0.717) is 5.69 Å². The maximum atomic E-state index is 12.6. The fraction of sp³-hybridized carbons (Fsp3) is 0.273. The van der Waals surface area contributed by atoms with Gasteiger partial charge in [0.2, 0.25) is 0 Å². The zero-order valence-corrected chi connectivity index (χ0v) is 12.2. The summed E-state index contributed by atoms with van der Waals surface area (Å²) in [4.78, 5) is 0. The molecule has 0 aliphatic heterocycles. The van der Waals surface area contributed by atoms with Gasteiger partial charge >= 0.3 is 0 Å². The quantitative estimate of drug-likeness (QED) is 0.590. The first kappa shape index (κ1) is 19.8. The molecule has 19 heavy (non-hydrogen) atoms. The maximum absolute atomic E-state index is 12.6. The summed E-state index contributed by atoms with van der Waals surface area (Å²) in [5.74, 6) is -0.307. The van der Waals surface area contributed by atoms with E-state index in [1.807, 2.05) is 0 Å². The first-order valence-electron chi connectivity index (χ1n) is 5.07. The summed E-state index contributed by atoms with van der Waals surface area (Å²) in [6.07, 6.45) is 0. The number of methoxy groups -OCH3 is 1. The molecule has 0 atom stereocenters. The molecule has 0 bridgehead atoms. The lowest BCUT2D eigenvalue weighted by molar-refractivity contribution is 0.318. The van der Waals surface area contributed by atoms with Gasteiger partial charge in [0.05, 0.1) is 7.11 Å². The molecule has 0 spiro atoms. The van der Waals surface area contributed by atoms with Crippen LogP contribution in [0, 0.1) is 5.82 Å². The van der Waals surface area contributed by atoms with Gasteiger partial charge in [0.15, 0.2) is 0 Å². The standard InChI is InChI=1S/C8H8FNOS.C2H6O.CH3NOS/c1-11-8(12)10-7-4-2-3-6(9)5-7;1-2-3;2-1(3)4/h2-5H,1H3,(H,10,12);3H,2H2,1H3;(H3,2,3,4). The van der Waals surface area contributed by atoms with Crippen LogP contribution in [0.1, 0.15) is 6.92 Å². The largest absolute Gasteiger partial charge is 0.487 e. The number of benzene rings is 1. The average molecular weight is 308 g/mol. The number of hydrogen-bond donors (Lipinski definition) is 4. The summed E-state index contributed by atoms with van der Waals surface area (Å²) in [5.41, 5.74) is 4.98. The van der Waals surface area contributed by atoms with E-state index in [9.17, 15) is 4.39 Å². The second kappa shape index (κ2) is 12.9. The molecule has 1 rings (SSSR count). The molecular formula is C11H17FN2O3S2. The van der Waals surface area contributed by atoms with Gasteiger partial charge in [-0.05, 0) is 49.6 Å². The lowest BCUT2D eigenvalue weighted by Gasteiger charge is -2.04. The van der Waals surface area contributed by atoms with Gasteiger partial charge in [-0.2, -0.15) is 0 Å². The second-order valence-electron chi connectivity index (χ2n) is 2.78. The average Bonchev–Trinajstić information content (AvgIpc) is 2.29. The summed E-state index contributed by atoms with van der Waals surface area (Å²) >= 11 is 8.60. The first-order valence-corrected chi connectivity index (χ1v) is 5.88. The topological polar surface area (TPSA) is 87.7 Å². The molecule has 0 radical (unpaired) electrons. The Kier molecular flexibility index (Phi) is 13.5. The third-order valence-electron chi connectivity index (χ3n) is 1.26. The van der Waals surface area contributed by atoms with Crippen molar-refractivity contribution in [3.8, 4) is 0 Å². The van der Waals surface area contributed by atoms with Crippen molar-refractivity contribution in [3.63, 3.8) is 0 Å². The molecule has 0 aliphatic carbocycles. The molecule has 5 nitrogen and oxygen atoms in total. The van der Waals surface area contributed by atoms with E-state index in [4.69, 9.17) is 27.2 Å². The number of nitrogens with one attached hydrogen (secondary N) is 1. The number of anilines is 1. The van der Waals surface area contributed by atoms with Gasteiger partial charge in [0.25, 0.3) is 10.3 Å². The Balaban J connectivity index is 0. The van der Waals surface area contributed by atoms with Crippen molar-refractivity contribution in [2.75, 3.05) is 19.0 Å². The number of hydrogen-bond acceptors (Lipinski definition) is 4. The van der Waals surface area contributed by atoms with Crippen LogP contribution in [0.3, 0.4) is 0 Å². The number of halogens is 1. The van der Waals surface area contributed by atoms with E-state index in [1.165, 1.54) is 19.2 Å². The number of aliphatic hydroxyl groups excluding tert-OH is 2. The highest BCUT2D eigenvalue weighted by molar-refractivity contribution is 7.80. The van der Waals surface area contributed by atoms with E-state index in [2.05, 4.69) is 23.3 Å². The molecule has 0 aromatic heterocycles. The Morgan fingerprint density at radius 1 is 1.47 bits per heavy atom. The molecule has 0 amide bonds. The fourth-order valence-electron chi connectivity index (χ4n) is 0.735. The van der Waals surface area contributed by atoms with Crippen molar-refractivity contribution in [3.05, 3.63) is 30.1 Å². The molecule has 0 saturated carbocycles. The third kappa shape index (κ3) is 16.5. The molecule has 0 aliphatic rings. The van der Waals surface area contributed by atoms with Crippen molar-refractivity contribution >= 4 is 40.5 Å². The smallest absolute Gasteiger partial charge is 0.260 e. The van der Waals surface area contributed by atoms with Crippen LogP contribution in [0.4, 0.5) is 10.1 Å². The summed E-state index contributed by atoms with van der Waals surface area (Å²) in [6, 6.07) is 6.00. The zero-order chi connectivity index (χ0) is 15.3. The minimum Gasteiger partial charge on any atom is -0.487 e. The van der Waals surface area contributed by atoms with Crippen LogP contribution in [-0.2, 0) is 4.74 Å². The van der Waals surface area contributed by atoms with Crippen LogP contribution in [-0.4, -0.2) is 34.3 Å². The van der Waals surface area contributed by atoms with Crippen molar-refractivity contribution < 1.29 is 19.3 Å². The predicted octanol–water partition coefficient (Wildman–Crippen LogP) is 1.96. The summed E-state index contributed by atoms with van der Waals surface area (Å²) < 4.78 is 17.3. The molecule has 108 valence electrons. The molecule has 1 aromatic carbocycles. The van der Waals surface area contributed by atoms with Crippen LogP contribution >= 0.6 is 24.4 Å². The molecule has 0 heterocycles. The Morgan fingerprint density at radius 2 is 1.95 bits per heavy atom. The van der Waals surface area contributed by atoms with Crippen LogP contribution < -0.4 is 11.1 Å². The van der Waals surface area contributed by atoms with Crippen molar-refractivity contribution in [1.82, 2.24) is 0 Å². The van der Waals surface area contributed by atoms with E-state index in [0.717, 1.165) is 0 Å². The van der Waals surface area contributed by atoms with Crippen molar-refractivity contribution in [2.45, 2.75) is 6.92 Å². The minimum absolute atomic E-state index is 0.223. The van der Waals surface area contributed by atoms with Crippen LogP contribution in [0.15, 0.2) is 24.3 Å². The number of aliphatic hydroxyl groups is 2. The maximum Gasteiger partial charge on any atom is 0.260 e. The van der Waals surface area contributed by atoms with Crippen molar-refractivity contribution in [2.24, 2.45) is 5.73 Å². The van der Waals surface area contributed by atoms with Crippen LogP contribution in [0.2, 0.25) is 0 Å². The van der Waals surface area contributed by atoms with Gasteiger partial charge in [0.1, 0.15) is 5.82 Å². The van der Waals surface area contributed by atoms with Gasteiger partial charge in [-0.3, -0.25) is 0 Å². The highest BCUT2D eigenvalue weighted by atomic mass is 32.1. The minimum atomic E-state index is -0.500. The fourth-order valence-corrected chi connectivity index (χ4v) is 0.853. The van der Waals surface area contributed by atoms with E-state index in [-0.39, 0.29) is 17.6 Å². The highest BCUT2D eigenvalue weighted by Crippen LogP contribution is 2.08. The Hall–Kier alpha value is -1.51. The second-order valence-corrected chi connectivity index (χ2v) is 3.57. The lowest BCUT2D eigenvalue weighted by Crippen LogP contribution is -2.10. The lowest BCUT2D eigenvalue weighted by atomic mass is 10.3. The zero-order valence-electron chi connectivity index (χ0n) is 10.6. The Bertz CT molecular complexity index is 388. The van der Waals surface area contributed by atoms with Crippen molar-refractivity contribution in [1.29, 1.82) is 0 Å². The van der Waals surface area contributed by atoms with Gasteiger partial charge in [-0.25, -0.2) is 4.39 Å². The molecule has 1 aromatic rings.